The van der Waals surface area contributed by atoms with Gasteiger partial charge in [0, 0.05) is 5.69 Å². The van der Waals surface area contributed by atoms with Gasteiger partial charge in [-0.1, -0.05) is 41.0 Å². The molecular weight excluding hydrogens is 307 g/mol. The molecule has 2 aromatic carbocycles. The molecule has 1 amide bonds. The highest BCUT2D eigenvalue weighted by molar-refractivity contribution is 6.31. The molecule has 22 heavy (non-hydrogen) atoms. The molecule has 0 saturated heterocycles. The largest absolute Gasteiger partial charge is 0.386 e. The molecule has 0 fully saturated rings. The molecule has 2 aromatic rings. The van der Waals surface area contributed by atoms with Gasteiger partial charge in [-0.05, 0) is 36.2 Å². The summed E-state index contributed by atoms with van der Waals surface area (Å²) < 4.78 is 13.0. The molecule has 0 heterocycles. The number of nitrogens with one attached hydrogen (secondary N) is 1. The second-order valence-corrected chi connectivity index (χ2v) is 4.95. The zero-order chi connectivity index (χ0) is 15.9. The first-order valence-electron chi connectivity index (χ1n) is 6.52. The van der Waals surface area contributed by atoms with Crippen molar-refractivity contribution in [3.05, 3.63) is 64.4 Å². The van der Waals surface area contributed by atoms with Gasteiger partial charge in [-0.25, -0.2) is 4.39 Å². The number of benzene rings is 2. The van der Waals surface area contributed by atoms with Crippen LogP contribution >= 0.6 is 11.6 Å². The molecule has 114 valence electrons. The van der Waals surface area contributed by atoms with Gasteiger partial charge in [-0.3, -0.25) is 4.79 Å². The Kier molecular flexibility index (Phi) is 5.49. The van der Waals surface area contributed by atoms with Crippen molar-refractivity contribution in [1.82, 2.24) is 0 Å². The maximum Gasteiger partial charge on any atom is 0.265 e. The van der Waals surface area contributed by atoms with Gasteiger partial charge in [0.15, 0.2) is 6.61 Å². The molecule has 0 bridgehead atoms. The van der Waals surface area contributed by atoms with E-state index >= 15 is 0 Å². The van der Waals surface area contributed by atoms with E-state index in [0.29, 0.717) is 5.69 Å². The van der Waals surface area contributed by atoms with Crippen molar-refractivity contribution in [3.63, 3.8) is 0 Å². The minimum absolute atomic E-state index is 0.0590. The van der Waals surface area contributed by atoms with Crippen molar-refractivity contribution < 1.29 is 14.0 Å². The second kappa shape index (κ2) is 7.56. The van der Waals surface area contributed by atoms with Crippen LogP contribution in [0.15, 0.2) is 47.6 Å². The Bertz CT molecular complexity index is 704. The van der Waals surface area contributed by atoms with Gasteiger partial charge in [0.25, 0.3) is 5.91 Å². The summed E-state index contributed by atoms with van der Waals surface area (Å²) in [5.41, 5.74) is 2.36. The number of carbonyl (C=O) groups excluding carboxylic acids is 1. The standard InChI is InChI=1S/C16H14ClFN2O2/c1-11-4-2-3-5-12(11)9-19-22-10-16(21)20-13-6-7-15(18)14(17)8-13/h2-9H,10H2,1H3,(H,20,21)/b19-9+. The van der Waals surface area contributed by atoms with Crippen LogP contribution in [-0.2, 0) is 9.63 Å². The fraction of sp³-hybridized carbons (Fsp3) is 0.125. The summed E-state index contributed by atoms with van der Waals surface area (Å²) in [6, 6.07) is 11.6. The van der Waals surface area contributed by atoms with E-state index in [1.54, 1.807) is 0 Å². The van der Waals surface area contributed by atoms with Crippen LogP contribution in [0.4, 0.5) is 10.1 Å². The molecule has 0 saturated carbocycles. The molecule has 6 heteroatoms. The topological polar surface area (TPSA) is 50.7 Å². The van der Waals surface area contributed by atoms with Gasteiger partial charge in [-0.15, -0.1) is 0 Å². The third-order valence-corrected chi connectivity index (χ3v) is 3.14. The summed E-state index contributed by atoms with van der Waals surface area (Å²) in [5.74, 6) is -0.955. The SMILES string of the molecule is Cc1ccccc1/C=N/OCC(=O)Nc1ccc(F)c(Cl)c1. The van der Waals surface area contributed by atoms with E-state index in [2.05, 4.69) is 10.5 Å². The van der Waals surface area contributed by atoms with E-state index in [-0.39, 0.29) is 11.6 Å². The third-order valence-electron chi connectivity index (χ3n) is 2.85. The average Bonchev–Trinajstić information content (AvgIpc) is 2.49. The number of carbonyl (C=O) groups is 1. The smallest absolute Gasteiger partial charge is 0.265 e. The molecule has 0 aromatic heterocycles. The molecule has 0 spiro atoms. The summed E-state index contributed by atoms with van der Waals surface area (Å²) >= 11 is 5.63. The maximum atomic E-state index is 13.0. The van der Waals surface area contributed by atoms with E-state index in [1.807, 2.05) is 31.2 Å². The summed E-state index contributed by atoms with van der Waals surface area (Å²) in [4.78, 5) is 16.6. The van der Waals surface area contributed by atoms with Crippen LogP contribution in [-0.4, -0.2) is 18.7 Å². The highest BCUT2D eigenvalue weighted by Crippen LogP contribution is 2.19. The first-order chi connectivity index (χ1) is 10.6. The lowest BCUT2D eigenvalue weighted by atomic mass is 10.1. The van der Waals surface area contributed by atoms with Crippen LogP contribution < -0.4 is 5.32 Å². The van der Waals surface area contributed by atoms with Crippen molar-refractivity contribution in [2.75, 3.05) is 11.9 Å². The van der Waals surface area contributed by atoms with E-state index < -0.39 is 11.7 Å². The van der Waals surface area contributed by atoms with Crippen LogP contribution in [0.25, 0.3) is 0 Å². The Hall–Kier alpha value is -2.40. The number of halogens is 2. The summed E-state index contributed by atoms with van der Waals surface area (Å²) in [7, 11) is 0. The molecule has 4 nitrogen and oxygen atoms in total. The highest BCUT2D eigenvalue weighted by Gasteiger charge is 2.05. The number of aryl methyl sites for hydroxylation is 1. The summed E-state index contributed by atoms with van der Waals surface area (Å²) in [5, 5.41) is 6.22. The maximum absolute atomic E-state index is 13.0. The quantitative estimate of drug-likeness (QED) is 0.673. The number of oxime groups is 1. The number of rotatable bonds is 5. The lowest BCUT2D eigenvalue weighted by Gasteiger charge is -2.05. The Morgan fingerprint density at radius 3 is 2.86 bits per heavy atom. The molecule has 2 rings (SSSR count). The Morgan fingerprint density at radius 2 is 2.14 bits per heavy atom. The van der Waals surface area contributed by atoms with E-state index in [1.165, 1.54) is 24.4 Å². The lowest BCUT2D eigenvalue weighted by Crippen LogP contribution is -2.17. The fourth-order valence-corrected chi connectivity index (χ4v) is 1.87. The molecule has 1 N–H and O–H groups in total. The monoisotopic (exact) mass is 320 g/mol. The van der Waals surface area contributed by atoms with Crippen molar-refractivity contribution in [3.8, 4) is 0 Å². The summed E-state index contributed by atoms with van der Waals surface area (Å²) in [6.45, 7) is 1.70. The van der Waals surface area contributed by atoms with Crippen LogP contribution in [0.5, 0.6) is 0 Å². The number of anilines is 1. The first-order valence-corrected chi connectivity index (χ1v) is 6.90. The van der Waals surface area contributed by atoms with Gasteiger partial charge >= 0.3 is 0 Å². The first kappa shape index (κ1) is 16.0. The molecule has 0 atom stereocenters. The number of amides is 1. The molecular formula is C16H14ClFN2O2. The predicted molar refractivity (Wildman–Crippen MR) is 84.8 cm³/mol. The Balaban J connectivity index is 1.83. The van der Waals surface area contributed by atoms with Crippen molar-refractivity contribution in [2.24, 2.45) is 5.16 Å². The lowest BCUT2D eigenvalue weighted by molar-refractivity contribution is -0.120. The molecule has 0 aliphatic carbocycles. The molecule has 0 aliphatic heterocycles. The minimum atomic E-state index is -0.543. The number of hydrogen-bond donors (Lipinski definition) is 1. The van der Waals surface area contributed by atoms with E-state index in [0.717, 1.165) is 11.1 Å². The van der Waals surface area contributed by atoms with E-state index in [4.69, 9.17) is 16.4 Å². The highest BCUT2D eigenvalue weighted by atomic mass is 35.5. The normalized spacial score (nSPS) is 10.7. The van der Waals surface area contributed by atoms with Crippen LogP contribution in [0, 0.1) is 12.7 Å². The van der Waals surface area contributed by atoms with Gasteiger partial charge in [0.05, 0.1) is 11.2 Å². The average molecular weight is 321 g/mol. The van der Waals surface area contributed by atoms with Gasteiger partial charge in [0.1, 0.15) is 5.82 Å². The van der Waals surface area contributed by atoms with Crippen molar-refractivity contribution in [2.45, 2.75) is 6.92 Å². The van der Waals surface area contributed by atoms with Gasteiger partial charge in [-0.2, -0.15) is 0 Å². The minimum Gasteiger partial charge on any atom is -0.386 e. The predicted octanol–water partition coefficient (Wildman–Crippen LogP) is 3.78. The van der Waals surface area contributed by atoms with Crippen molar-refractivity contribution >= 4 is 29.4 Å². The Morgan fingerprint density at radius 1 is 1.36 bits per heavy atom. The number of hydrogen-bond acceptors (Lipinski definition) is 3. The molecule has 0 aliphatic rings. The summed E-state index contributed by atoms with van der Waals surface area (Å²) in [6.07, 6.45) is 1.54. The zero-order valence-electron chi connectivity index (χ0n) is 11.8. The van der Waals surface area contributed by atoms with E-state index in [9.17, 15) is 9.18 Å². The van der Waals surface area contributed by atoms with Gasteiger partial charge in [0.2, 0.25) is 0 Å². The molecule has 0 radical (unpaired) electrons. The third kappa shape index (κ3) is 4.56. The van der Waals surface area contributed by atoms with Gasteiger partial charge < -0.3 is 10.2 Å². The fourth-order valence-electron chi connectivity index (χ4n) is 1.69. The zero-order valence-corrected chi connectivity index (χ0v) is 12.6. The van der Waals surface area contributed by atoms with Crippen LogP contribution in [0.2, 0.25) is 5.02 Å². The van der Waals surface area contributed by atoms with Crippen molar-refractivity contribution in [1.29, 1.82) is 0 Å². The second-order valence-electron chi connectivity index (χ2n) is 4.54. The molecule has 0 unspecified atom stereocenters. The Labute approximate surface area is 132 Å². The van der Waals surface area contributed by atoms with Crippen LogP contribution in [0.1, 0.15) is 11.1 Å². The van der Waals surface area contributed by atoms with Crippen LogP contribution in [0.3, 0.4) is 0 Å². The number of nitrogens with zero attached hydrogens (tertiary/aromatic N) is 1.